The first kappa shape index (κ1) is 19.4. The van der Waals surface area contributed by atoms with E-state index >= 15 is 0 Å². The van der Waals surface area contributed by atoms with E-state index in [2.05, 4.69) is 0 Å². The lowest BCUT2D eigenvalue weighted by Gasteiger charge is -2.32. The molecule has 1 saturated heterocycles. The lowest BCUT2D eigenvalue weighted by atomic mass is 10.1. The fraction of sp³-hybridized carbons (Fsp3) is 0.286. The number of benzene rings is 2. The number of rotatable bonds is 3. The van der Waals surface area contributed by atoms with Crippen LogP contribution in [0.25, 0.3) is 0 Å². The van der Waals surface area contributed by atoms with Gasteiger partial charge in [0.25, 0.3) is 5.91 Å². The molecule has 2 aliphatic heterocycles. The van der Waals surface area contributed by atoms with Crippen molar-refractivity contribution in [3.05, 3.63) is 59.4 Å². The summed E-state index contributed by atoms with van der Waals surface area (Å²) >= 11 is 0. The number of nitrogens with zero attached hydrogens (tertiary/aromatic N) is 2. The second kappa shape index (κ2) is 7.51. The molecule has 0 atom stereocenters. The highest BCUT2D eigenvalue weighted by atomic mass is 32.2. The van der Waals surface area contributed by atoms with Crippen molar-refractivity contribution >= 4 is 27.1 Å². The number of halogens is 1. The van der Waals surface area contributed by atoms with Gasteiger partial charge in [-0.3, -0.25) is 4.79 Å². The second-order valence-electron chi connectivity index (χ2n) is 7.03. The maximum Gasteiger partial charge on any atom is 0.267 e. The average molecular weight is 416 g/mol. The van der Waals surface area contributed by atoms with E-state index in [1.807, 2.05) is 0 Å². The normalized spacial score (nSPS) is 18.1. The maximum absolute atomic E-state index is 14.0. The SMILES string of the molecule is COc1cccc(N2C=C(C(=O)N3CCCCC3)S(=O)(=O)c3ccc(F)cc32)c1. The average Bonchev–Trinajstić information content (AvgIpc) is 2.74. The minimum atomic E-state index is -4.07. The summed E-state index contributed by atoms with van der Waals surface area (Å²) in [5.74, 6) is -0.523. The first-order valence-corrected chi connectivity index (χ1v) is 10.9. The predicted molar refractivity (Wildman–Crippen MR) is 107 cm³/mol. The first-order chi connectivity index (χ1) is 13.9. The van der Waals surface area contributed by atoms with Crippen LogP contribution in [0.1, 0.15) is 19.3 Å². The summed E-state index contributed by atoms with van der Waals surface area (Å²) in [6.45, 7) is 1.06. The molecule has 8 heteroatoms. The van der Waals surface area contributed by atoms with Crippen LogP contribution in [0.2, 0.25) is 0 Å². The van der Waals surface area contributed by atoms with E-state index in [-0.39, 0.29) is 15.5 Å². The zero-order valence-electron chi connectivity index (χ0n) is 16.0. The zero-order valence-corrected chi connectivity index (χ0v) is 16.8. The Labute approximate surface area is 169 Å². The molecule has 0 spiro atoms. The van der Waals surface area contributed by atoms with Gasteiger partial charge < -0.3 is 14.5 Å². The van der Waals surface area contributed by atoms with Crippen LogP contribution >= 0.6 is 0 Å². The largest absolute Gasteiger partial charge is 0.497 e. The molecule has 0 radical (unpaired) electrons. The van der Waals surface area contributed by atoms with Gasteiger partial charge >= 0.3 is 0 Å². The summed E-state index contributed by atoms with van der Waals surface area (Å²) in [4.78, 5) is 15.8. The fourth-order valence-electron chi connectivity index (χ4n) is 3.68. The number of amides is 1. The predicted octanol–water partition coefficient (Wildman–Crippen LogP) is 3.61. The standard InChI is InChI=1S/C21H21FN2O4S/c1-28-17-7-5-6-16(13-17)24-14-20(21(25)23-10-3-2-4-11-23)29(26,27)19-9-8-15(22)12-18(19)24/h5-9,12-14H,2-4,10-11H2,1H3. The van der Waals surface area contributed by atoms with Gasteiger partial charge in [-0.15, -0.1) is 0 Å². The topological polar surface area (TPSA) is 66.9 Å². The van der Waals surface area contributed by atoms with Crippen LogP contribution in [0.3, 0.4) is 0 Å². The molecule has 2 aliphatic rings. The van der Waals surface area contributed by atoms with Crippen LogP contribution in [0.15, 0.2) is 58.5 Å². The molecule has 4 rings (SSSR count). The second-order valence-corrected chi connectivity index (χ2v) is 8.92. The summed E-state index contributed by atoms with van der Waals surface area (Å²) in [6.07, 6.45) is 4.01. The van der Waals surface area contributed by atoms with Crippen molar-refractivity contribution in [2.24, 2.45) is 0 Å². The quantitative estimate of drug-likeness (QED) is 0.715. The highest BCUT2D eigenvalue weighted by Gasteiger charge is 2.38. The molecule has 0 bridgehead atoms. The van der Waals surface area contributed by atoms with Gasteiger partial charge in [0.15, 0.2) is 4.91 Å². The molecule has 1 amide bonds. The summed E-state index contributed by atoms with van der Waals surface area (Å²) < 4.78 is 45.7. The molecule has 2 heterocycles. The Morgan fingerprint density at radius 2 is 1.83 bits per heavy atom. The third-order valence-corrected chi connectivity index (χ3v) is 6.97. The molecule has 0 N–H and O–H groups in total. The Bertz CT molecular complexity index is 1090. The minimum absolute atomic E-state index is 0.0930. The Morgan fingerprint density at radius 3 is 2.55 bits per heavy atom. The molecule has 2 aromatic rings. The molecular weight excluding hydrogens is 395 g/mol. The van der Waals surface area contributed by atoms with E-state index < -0.39 is 21.6 Å². The minimum Gasteiger partial charge on any atom is -0.497 e. The number of sulfone groups is 1. The highest BCUT2D eigenvalue weighted by Crippen LogP contribution is 2.41. The third kappa shape index (κ3) is 3.48. The van der Waals surface area contributed by atoms with Gasteiger partial charge in [0.05, 0.1) is 17.7 Å². The first-order valence-electron chi connectivity index (χ1n) is 9.41. The van der Waals surface area contributed by atoms with Crippen molar-refractivity contribution in [2.75, 3.05) is 25.1 Å². The number of likely N-dealkylation sites (tertiary alicyclic amines) is 1. The summed E-state index contributed by atoms with van der Waals surface area (Å²) in [6, 6.07) is 10.4. The molecule has 1 fully saturated rings. The fourth-order valence-corrected chi connectivity index (χ4v) is 5.20. The van der Waals surface area contributed by atoms with E-state index in [0.717, 1.165) is 31.4 Å². The number of hydrogen-bond acceptors (Lipinski definition) is 5. The van der Waals surface area contributed by atoms with Crippen molar-refractivity contribution in [1.82, 2.24) is 4.90 Å². The van der Waals surface area contributed by atoms with Crippen LogP contribution in [-0.2, 0) is 14.6 Å². The summed E-state index contributed by atoms with van der Waals surface area (Å²) in [5.41, 5.74) is 0.725. The highest BCUT2D eigenvalue weighted by molar-refractivity contribution is 7.96. The Hall–Kier alpha value is -2.87. The van der Waals surface area contributed by atoms with Gasteiger partial charge in [0.2, 0.25) is 9.84 Å². The number of methoxy groups -OCH3 is 1. The van der Waals surface area contributed by atoms with Gasteiger partial charge in [0, 0.05) is 31.0 Å². The number of fused-ring (bicyclic) bond motifs is 1. The molecular formula is C21H21FN2O4S. The zero-order chi connectivity index (χ0) is 20.6. The van der Waals surface area contributed by atoms with E-state index in [9.17, 15) is 17.6 Å². The Morgan fingerprint density at radius 1 is 1.07 bits per heavy atom. The van der Waals surface area contributed by atoms with Gasteiger partial charge in [0.1, 0.15) is 11.6 Å². The smallest absolute Gasteiger partial charge is 0.267 e. The molecule has 152 valence electrons. The van der Waals surface area contributed by atoms with E-state index in [1.165, 1.54) is 24.3 Å². The molecule has 0 aromatic heterocycles. The Balaban J connectivity index is 1.87. The van der Waals surface area contributed by atoms with Gasteiger partial charge in [-0.1, -0.05) is 6.07 Å². The maximum atomic E-state index is 14.0. The monoisotopic (exact) mass is 416 g/mol. The number of carbonyl (C=O) groups excluding carboxylic acids is 1. The van der Waals surface area contributed by atoms with Crippen molar-refractivity contribution < 1.29 is 22.3 Å². The number of ether oxygens (including phenoxy) is 1. The van der Waals surface area contributed by atoms with Crippen LogP contribution in [-0.4, -0.2) is 39.4 Å². The summed E-state index contributed by atoms with van der Waals surface area (Å²) in [5, 5.41) is 0. The van der Waals surface area contributed by atoms with E-state index in [4.69, 9.17) is 4.74 Å². The molecule has 0 saturated carbocycles. The molecule has 29 heavy (non-hydrogen) atoms. The van der Waals surface area contributed by atoms with Crippen molar-refractivity contribution in [3.63, 3.8) is 0 Å². The Kier molecular flexibility index (Phi) is 5.04. The molecule has 0 unspecified atom stereocenters. The molecule has 6 nitrogen and oxygen atoms in total. The lowest BCUT2D eigenvalue weighted by molar-refractivity contribution is -0.127. The van der Waals surface area contributed by atoms with Crippen molar-refractivity contribution in [3.8, 4) is 5.75 Å². The van der Waals surface area contributed by atoms with Gasteiger partial charge in [-0.25, -0.2) is 12.8 Å². The number of piperidine rings is 1. The molecule has 0 aliphatic carbocycles. The summed E-state index contributed by atoms with van der Waals surface area (Å²) in [7, 11) is -2.55. The van der Waals surface area contributed by atoms with Gasteiger partial charge in [-0.2, -0.15) is 0 Å². The van der Waals surface area contributed by atoms with Crippen molar-refractivity contribution in [1.29, 1.82) is 0 Å². The number of anilines is 2. The van der Waals surface area contributed by atoms with E-state index in [0.29, 0.717) is 24.5 Å². The van der Waals surface area contributed by atoms with Crippen LogP contribution < -0.4 is 9.64 Å². The van der Waals surface area contributed by atoms with Gasteiger partial charge in [-0.05, 0) is 49.6 Å². The van der Waals surface area contributed by atoms with Crippen LogP contribution in [0.4, 0.5) is 15.8 Å². The molecule has 2 aromatic carbocycles. The van der Waals surface area contributed by atoms with E-state index in [1.54, 1.807) is 29.2 Å². The number of hydrogen-bond donors (Lipinski definition) is 0. The van der Waals surface area contributed by atoms with Crippen LogP contribution in [0, 0.1) is 5.82 Å². The van der Waals surface area contributed by atoms with Crippen LogP contribution in [0.5, 0.6) is 5.75 Å². The lowest BCUT2D eigenvalue weighted by Crippen LogP contribution is -2.39. The van der Waals surface area contributed by atoms with Crippen molar-refractivity contribution in [2.45, 2.75) is 24.2 Å². The third-order valence-electron chi connectivity index (χ3n) is 5.19. The number of carbonyl (C=O) groups is 1.